The normalized spacial score (nSPS) is 13.2. The molecule has 0 saturated heterocycles. The number of hydrogen-bond donors (Lipinski definition) is 0. The Labute approximate surface area is 141 Å². The molecule has 1 aliphatic rings. The van der Waals surface area contributed by atoms with Gasteiger partial charge in [0, 0.05) is 35.6 Å². The van der Waals surface area contributed by atoms with Crippen molar-refractivity contribution in [2.45, 2.75) is 33.4 Å². The van der Waals surface area contributed by atoms with E-state index in [2.05, 4.69) is 26.8 Å². The second-order valence-electron chi connectivity index (χ2n) is 6.01. The summed E-state index contributed by atoms with van der Waals surface area (Å²) in [5, 5.41) is 0. The van der Waals surface area contributed by atoms with Crippen LogP contribution in [0.15, 0.2) is 42.7 Å². The van der Waals surface area contributed by atoms with Gasteiger partial charge in [-0.3, -0.25) is 0 Å². The van der Waals surface area contributed by atoms with Crippen LogP contribution in [-0.4, -0.2) is 19.9 Å². The van der Waals surface area contributed by atoms with Crippen molar-refractivity contribution in [3.05, 3.63) is 65.4 Å². The first-order valence-electron chi connectivity index (χ1n) is 8.22. The number of hydrogen-bond acceptors (Lipinski definition) is 5. The number of anilines is 1. The first-order chi connectivity index (χ1) is 11.7. The summed E-state index contributed by atoms with van der Waals surface area (Å²) < 4.78 is 0. The summed E-state index contributed by atoms with van der Waals surface area (Å²) in [7, 11) is 0. The SMILES string of the molecule is CCc1cnc(C)nc1N1Cc2cnc(-c3ccccc3)nc2C1. The number of rotatable bonds is 3. The van der Waals surface area contributed by atoms with Crippen molar-refractivity contribution >= 4 is 5.82 Å². The van der Waals surface area contributed by atoms with E-state index in [4.69, 9.17) is 4.98 Å². The maximum absolute atomic E-state index is 4.78. The average Bonchev–Trinajstić information content (AvgIpc) is 3.05. The molecular formula is C19H19N5. The molecule has 5 nitrogen and oxygen atoms in total. The highest BCUT2D eigenvalue weighted by Crippen LogP contribution is 2.29. The van der Waals surface area contributed by atoms with Gasteiger partial charge in [-0.05, 0) is 13.3 Å². The second kappa shape index (κ2) is 6.00. The monoisotopic (exact) mass is 317 g/mol. The smallest absolute Gasteiger partial charge is 0.159 e. The minimum absolute atomic E-state index is 0.765. The zero-order chi connectivity index (χ0) is 16.5. The molecule has 0 spiro atoms. The van der Waals surface area contributed by atoms with Crippen molar-refractivity contribution in [3.63, 3.8) is 0 Å². The summed E-state index contributed by atoms with van der Waals surface area (Å²) in [6.07, 6.45) is 4.80. The summed E-state index contributed by atoms with van der Waals surface area (Å²) in [5.41, 5.74) is 4.48. The molecule has 0 aliphatic carbocycles. The molecule has 3 heterocycles. The summed E-state index contributed by atoms with van der Waals surface area (Å²) >= 11 is 0. The van der Waals surface area contributed by atoms with E-state index in [9.17, 15) is 0 Å². The lowest BCUT2D eigenvalue weighted by molar-refractivity contribution is 0.818. The Morgan fingerprint density at radius 1 is 1.00 bits per heavy atom. The predicted octanol–water partition coefficient (Wildman–Crippen LogP) is 3.32. The fourth-order valence-electron chi connectivity index (χ4n) is 3.04. The predicted molar refractivity (Wildman–Crippen MR) is 93.5 cm³/mol. The molecule has 0 unspecified atom stereocenters. The van der Waals surface area contributed by atoms with Gasteiger partial charge in [0.1, 0.15) is 11.6 Å². The van der Waals surface area contributed by atoms with Crippen molar-refractivity contribution < 1.29 is 0 Å². The summed E-state index contributed by atoms with van der Waals surface area (Å²) in [6.45, 7) is 5.63. The third-order valence-corrected chi connectivity index (χ3v) is 4.33. The second-order valence-corrected chi connectivity index (χ2v) is 6.01. The van der Waals surface area contributed by atoms with Crippen LogP contribution in [0.25, 0.3) is 11.4 Å². The van der Waals surface area contributed by atoms with E-state index in [0.717, 1.165) is 48.2 Å². The molecule has 0 atom stereocenters. The Morgan fingerprint density at radius 2 is 1.83 bits per heavy atom. The van der Waals surface area contributed by atoms with Crippen LogP contribution in [0.1, 0.15) is 29.6 Å². The van der Waals surface area contributed by atoms with Crippen molar-refractivity contribution in [1.82, 2.24) is 19.9 Å². The van der Waals surface area contributed by atoms with Crippen LogP contribution < -0.4 is 4.90 Å². The van der Waals surface area contributed by atoms with Gasteiger partial charge in [0.05, 0.1) is 12.2 Å². The Kier molecular flexibility index (Phi) is 3.69. The largest absolute Gasteiger partial charge is 0.346 e. The van der Waals surface area contributed by atoms with Crippen LogP contribution in [0, 0.1) is 6.92 Å². The quantitative estimate of drug-likeness (QED) is 0.741. The van der Waals surface area contributed by atoms with Gasteiger partial charge in [-0.15, -0.1) is 0 Å². The third-order valence-electron chi connectivity index (χ3n) is 4.33. The van der Waals surface area contributed by atoms with Crippen LogP contribution in [0.5, 0.6) is 0 Å². The van der Waals surface area contributed by atoms with E-state index in [0.29, 0.717) is 0 Å². The van der Waals surface area contributed by atoms with Gasteiger partial charge in [0.25, 0.3) is 0 Å². The Bertz CT molecular complexity index is 876. The number of nitrogens with zero attached hydrogens (tertiary/aromatic N) is 5. The molecule has 120 valence electrons. The van der Waals surface area contributed by atoms with Crippen molar-refractivity contribution in [2.24, 2.45) is 0 Å². The lowest BCUT2D eigenvalue weighted by Gasteiger charge is -2.19. The Hall–Kier alpha value is -2.82. The lowest BCUT2D eigenvalue weighted by atomic mass is 10.2. The van der Waals surface area contributed by atoms with E-state index < -0.39 is 0 Å². The van der Waals surface area contributed by atoms with Gasteiger partial charge < -0.3 is 4.90 Å². The van der Waals surface area contributed by atoms with Gasteiger partial charge in [0.2, 0.25) is 0 Å². The molecule has 0 saturated carbocycles. The molecule has 0 radical (unpaired) electrons. The summed E-state index contributed by atoms with van der Waals surface area (Å²) in [6, 6.07) is 10.1. The highest BCUT2D eigenvalue weighted by atomic mass is 15.2. The van der Waals surface area contributed by atoms with Crippen molar-refractivity contribution in [3.8, 4) is 11.4 Å². The molecule has 0 amide bonds. The van der Waals surface area contributed by atoms with E-state index in [-0.39, 0.29) is 0 Å². The van der Waals surface area contributed by atoms with Gasteiger partial charge in [-0.1, -0.05) is 37.3 Å². The van der Waals surface area contributed by atoms with Crippen LogP contribution in [0.4, 0.5) is 5.82 Å². The summed E-state index contributed by atoms with van der Waals surface area (Å²) in [4.78, 5) is 20.6. The molecule has 5 heteroatoms. The molecule has 24 heavy (non-hydrogen) atoms. The number of benzene rings is 1. The highest BCUT2D eigenvalue weighted by Gasteiger charge is 2.24. The van der Waals surface area contributed by atoms with Gasteiger partial charge >= 0.3 is 0 Å². The standard InChI is InChI=1S/C19H19N5/c1-3-14-9-20-13(2)22-19(14)24-11-16-10-21-18(23-17(16)12-24)15-7-5-4-6-8-15/h4-10H,3,11-12H2,1-2H3. The summed E-state index contributed by atoms with van der Waals surface area (Å²) in [5.74, 6) is 2.60. The minimum atomic E-state index is 0.765. The highest BCUT2D eigenvalue weighted by molar-refractivity contribution is 5.56. The number of fused-ring (bicyclic) bond motifs is 1. The fourth-order valence-corrected chi connectivity index (χ4v) is 3.04. The molecule has 0 bridgehead atoms. The van der Waals surface area contributed by atoms with Gasteiger partial charge in [-0.2, -0.15) is 0 Å². The number of aryl methyl sites for hydroxylation is 2. The van der Waals surface area contributed by atoms with E-state index in [1.165, 1.54) is 11.1 Å². The first-order valence-corrected chi connectivity index (χ1v) is 8.22. The lowest BCUT2D eigenvalue weighted by Crippen LogP contribution is -2.19. The third kappa shape index (κ3) is 2.62. The molecule has 1 aliphatic heterocycles. The van der Waals surface area contributed by atoms with Crippen LogP contribution >= 0.6 is 0 Å². The van der Waals surface area contributed by atoms with Crippen LogP contribution in [0.2, 0.25) is 0 Å². The van der Waals surface area contributed by atoms with Gasteiger partial charge in [-0.25, -0.2) is 19.9 Å². The first kappa shape index (κ1) is 14.8. The van der Waals surface area contributed by atoms with Crippen LogP contribution in [-0.2, 0) is 19.5 Å². The molecule has 2 aromatic heterocycles. The molecule has 1 aromatic carbocycles. The zero-order valence-electron chi connectivity index (χ0n) is 13.9. The van der Waals surface area contributed by atoms with Crippen molar-refractivity contribution in [2.75, 3.05) is 4.90 Å². The maximum atomic E-state index is 4.78. The maximum Gasteiger partial charge on any atom is 0.159 e. The molecular weight excluding hydrogens is 298 g/mol. The Balaban J connectivity index is 1.66. The van der Waals surface area contributed by atoms with Gasteiger partial charge in [0.15, 0.2) is 5.82 Å². The van der Waals surface area contributed by atoms with E-state index in [1.807, 2.05) is 49.6 Å². The zero-order valence-corrected chi connectivity index (χ0v) is 13.9. The molecule has 3 aromatic rings. The number of aromatic nitrogens is 4. The average molecular weight is 317 g/mol. The van der Waals surface area contributed by atoms with E-state index >= 15 is 0 Å². The fraction of sp³-hybridized carbons (Fsp3) is 0.263. The Morgan fingerprint density at radius 3 is 2.62 bits per heavy atom. The van der Waals surface area contributed by atoms with E-state index in [1.54, 1.807) is 0 Å². The molecule has 4 rings (SSSR count). The minimum Gasteiger partial charge on any atom is -0.346 e. The molecule has 0 fully saturated rings. The van der Waals surface area contributed by atoms with Crippen molar-refractivity contribution in [1.29, 1.82) is 0 Å². The topological polar surface area (TPSA) is 54.8 Å². The van der Waals surface area contributed by atoms with Crippen LogP contribution in [0.3, 0.4) is 0 Å². The molecule has 0 N–H and O–H groups in total.